The summed E-state index contributed by atoms with van der Waals surface area (Å²) in [5, 5.41) is 10.5. The van der Waals surface area contributed by atoms with Crippen molar-refractivity contribution in [3.63, 3.8) is 0 Å². The van der Waals surface area contributed by atoms with Crippen LogP contribution in [0.25, 0.3) is 10.9 Å². The van der Waals surface area contributed by atoms with E-state index in [0.717, 1.165) is 29.4 Å². The summed E-state index contributed by atoms with van der Waals surface area (Å²) in [6, 6.07) is 14.2. The number of benzene rings is 2. The topological polar surface area (TPSA) is 62.5 Å². The molecule has 1 aliphatic rings. The first-order valence-corrected chi connectivity index (χ1v) is 8.83. The van der Waals surface area contributed by atoms with E-state index in [4.69, 9.17) is 0 Å². The van der Waals surface area contributed by atoms with Gasteiger partial charge in [-0.25, -0.2) is 0 Å². The second-order valence-electron chi connectivity index (χ2n) is 6.64. The Balaban J connectivity index is 1.75. The van der Waals surface area contributed by atoms with Crippen molar-refractivity contribution in [1.29, 1.82) is 0 Å². The number of hydrogen-bond acceptors (Lipinski definition) is 3. The highest BCUT2D eigenvalue weighted by Gasteiger charge is 2.41. The van der Waals surface area contributed by atoms with E-state index < -0.39 is 5.92 Å². The molecule has 0 bridgehead atoms. The number of phenols is 1. The molecule has 2 aromatic carbocycles. The number of hydrogen-bond donors (Lipinski definition) is 1. The van der Waals surface area contributed by atoms with E-state index in [1.165, 1.54) is 17.0 Å². The van der Waals surface area contributed by atoms with Crippen molar-refractivity contribution in [3.8, 4) is 5.75 Å². The van der Waals surface area contributed by atoms with Crippen molar-refractivity contribution in [2.75, 3.05) is 4.90 Å². The van der Waals surface area contributed by atoms with Crippen LogP contribution in [0.2, 0.25) is 0 Å². The SMILES string of the molecule is CCCn1cc([C@@H]2CC(=O)N(c3ccc(O)cc3)C2=O)c2ccccc21. The smallest absolute Gasteiger partial charge is 0.241 e. The molecule has 3 aromatic rings. The van der Waals surface area contributed by atoms with Crippen LogP contribution in [0.3, 0.4) is 0 Å². The van der Waals surface area contributed by atoms with Gasteiger partial charge in [-0.3, -0.25) is 14.5 Å². The molecule has 0 spiro atoms. The van der Waals surface area contributed by atoms with Crippen molar-refractivity contribution in [1.82, 2.24) is 4.57 Å². The molecule has 0 unspecified atom stereocenters. The third-order valence-corrected chi connectivity index (χ3v) is 4.91. The minimum absolute atomic E-state index is 0.104. The zero-order valence-corrected chi connectivity index (χ0v) is 14.6. The molecule has 1 saturated heterocycles. The van der Waals surface area contributed by atoms with Gasteiger partial charge in [0.15, 0.2) is 0 Å². The lowest BCUT2D eigenvalue weighted by atomic mass is 9.97. The van der Waals surface area contributed by atoms with Gasteiger partial charge in [0.1, 0.15) is 5.75 Å². The number of aromatic nitrogens is 1. The lowest BCUT2D eigenvalue weighted by molar-refractivity contribution is -0.121. The molecule has 5 nitrogen and oxygen atoms in total. The number of carbonyl (C=O) groups is 2. The molecule has 1 fully saturated rings. The Kier molecular flexibility index (Phi) is 3.99. The van der Waals surface area contributed by atoms with Crippen molar-refractivity contribution in [3.05, 3.63) is 60.3 Å². The van der Waals surface area contributed by atoms with Gasteiger partial charge in [-0.2, -0.15) is 0 Å². The van der Waals surface area contributed by atoms with Crippen LogP contribution >= 0.6 is 0 Å². The molecule has 1 atom stereocenters. The molecular formula is C21H20N2O3. The number of para-hydroxylation sites is 1. The maximum absolute atomic E-state index is 13.0. The number of aromatic hydroxyl groups is 1. The zero-order chi connectivity index (χ0) is 18.3. The third-order valence-electron chi connectivity index (χ3n) is 4.91. The second kappa shape index (κ2) is 6.33. The predicted octanol–water partition coefficient (Wildman–Crippen LogP) is 3.80. The van der Waals surface area contributed by atoms with E-state index in [-0.39, 0.29) is 24.0 Å². The fourth-order valence-corrected chi connectivity index (χ4v) is 3.73. The summed E-state index contributed by atoms with van der Waals surface area (Å²) in [6.45, 7) is 2.99. The largest absolute Gasteiger partial charge is 0.508 e. The van der Waals surface area contributed by atoms with Gasteiger partial charge in [0.2, 0.25) is 11.8 Å². The van der Waals surface area contributed by atoms with Crippen LogP contribution in [0.1, 0.15) is 31.2 Å². The molecule has 0 aliphatic carbocycles. The summed E-state index contributed by atoms with van der Waals surface area (Å²) >= 11 is 0. The molecular weight excluding hydrogens is 328 g/mol. The molecule has 1 N–H and O–H groups in total. The first-order chi connectivity index (χ1) is 12.6. The van der Waals surface area contributed by atoms with Gasteiger partial charge in [0, 0.05) is 30.1 Å². The number of carbonyl (C=O) groups excluding carboxylic acids is 2. The Morgan fingerprint density at radius 1 is 1.08 bits per heavy atom. The van der Waals surface area contributed by atoms with Crippen LogP contribution < -0.4 is 4.90 Å². The number of phenolic OH excluding ortho intramolecular Hbond substituents is 1. The van der Waals surface area contributed by atoms with Crippen LogP contribution in [0.15, 0.2) is 54.7 Å². The third kappa shape index (κ3) is 2.56. The summed E-state index contributed by atoms with van der Waals surface area (Å²) in [4.78, 5) is 26.8. The lowest BCUT2D eigenvalue weighted by Crippen LogP contribution is -2.29. The average molecular weight is 348 g/mol. The number of imide groups is 1. The van der Waals surface area contributed by atoms with E-state index in [1.807, 2.05) is 30.5 Å². The molecule has 1 aromatic heterocycles. The van der Waals surface area contributed by atoms with Crippen LogP contribution in [0, 0.1) is 0 Å². The number of anilines is 1. The van der Waals surface area contributed by atoms with Crippen molar-refractivity contribution in [2.24, 2.45) is 0 Å². The van der Waals surface area contributed by atoms with Crippen LogP contribution in [-0.2, 0) is 16.1 Å². The van der Waals surface area contributed by atoms with Crippen LogP contribution in [0.5, 0.6) is 5.75 Å². The quantitative estimate of drug-likeness (QED) is 0.730. The van der Waals surface area contributed by atoms with Crippen LogP contribution in [-0.4, -0.2) is 21.5 Å². The standard InChI is InChI=1S/C21H20N2O3/c1-2-11-22-13-18(16-5-3-4-6-19(16)22)17-12-20(25)23(21(17)26)14-7-9-15(24)10-8-14/h3-10,13,17,24H,2,11-12H2,1H3/t17-/m0/s1. The Morgan fingerprint density at radius 3 is 2.54 bits per heavy atom. The average Bonchev–Trinajstić information content (AvgIpc) is 3.14. The minimum Gasteiger partial charge on any atom is -0.508 e. The van der Waals surface area contributed by atoms with Crippen molar-refractivity contribution >= 4 is 28.4 Å². The van der Waals surface area contributed by atoms with E-state index in [2.05, 4.69) is 11.5 Å². The molecule has 2 amide bonds. The van der Waals surface area contributed by atoms with Gasteiger partial charge in [0.25, 0.3) is 0 Å². The molecule has 5 heteroatoms. The number of aryl methyl sites for hydroxylation is 1. The summed E-state index contributed by atoms with van der Waals surface area (Å²) in [5.74, 6) is -0.788. The van der Waals surface area contributed by atoms with Gasteiger partial charge >= 0.3 is 0 Å². The van der Waals surface area contributed by atoms with E-state index >= 15 is 0 Å². The molecule has 2 heterocycles. The highest BCUT2D eigenvalue weighted by molar-refractivity contribution is 6.23. The van der Waals surface area contributed by atoms with Gasteiger partial charge in [-0.05, 0) is 42.3 Å². The Morgan fingerprint density at radius 2 is 1.81 bits per heavy atom. The summed E-state index contributed by atoms with van der Waals surface area (Å²) in [6.07, 6.45) is 3.18. The van der Waals surface area contributed by atoms with Crippen LogP contribution in [0.4, 0.5) is 5.69 Å². The Bertz CT molecular complexity index is 988. The first-order valence-electron chi connectivity index (χ1n) is 8.83. The summed E-state index contributed by atoms with van der Waals surface area (Å²) < 4.78 is 2.16. The summed E-state index contributed by atoms with van der Waals surface area (Å²) in [5.41, 5.74) is 2.50. The highest BCUT2D eigenvalue weighted by atomic mass is 16.3. The maximum Gasteiger partial charge on any atom is 0.241 e. The molecule has 0 saturated carbocycles. The van der Waals surface area contributed by atoms with Gasteiger partial charge < -0.3 is 9.67 Å². The summed E-state index contributed by atoms with van der Waals surface area (Å²) in [7, 11) is 0. The minimum atomic E-state index is -0.473. The molecule has 0 radical (unpaired) electrons. The second-order valence-corrected chi connectivity index (χ2v) is 6.64. The monoisotopic (exact) mass is 348 g/mol. The Hall–Kier alpha value is -3.08. The number of nitrogens with zero attached hydrogens (tertiary/aromatic N) is 2. The maximum atomic E-state index is 13.0. The predicted molar refractivity (Wildman–Crippen MR) is 100 cm³/mol. The molecule has 26 heavy (non-hydrogen) atoms. The molecule has 4 rings (SSSR count). The van der Waals surface area contributed by atoms with Crippen molar-refractivity contribution < 1.29 is 14.7 Å². The normalized spacial score (nSPS) is 17.4. The zero-order valence-electron chi connectivity index (χ0n) is 14.6. The van der Waals surface area contributed by atoms with E-state index in [0.29, 0.717) is 5.69 Å². The molecule has 1 aliphatic heterocycles. The lowest BCUT2D eigenvalue weighted by Gasteiger charge is -2.15. The number of rotatable bonds is 4. The number of amides is 2. The fourth-order valence-electron chi connectivity index (χ4n) is 3.73. The Labute approximate surface area is 151 Å². The molecule has 132 valence electrons. The fraction of sp³-hybridized carbons (Fsp3) is 0.238. The highest BCUT2D eigenvalue weighted by Crippen LogP contribution is 2.37. The van der Waals surface area contributed by atoms with Gasteiger partial charge in [-0.1, -0.05) is 25.1 Å². The van der Waals surface area contributed by atoms with Gasteiger partial charge in [-0.15, -0.1) is 0 Å². The first kappa shape index (κ1) is 16.4. The number of fused-ring (bicyclic) bond motifs is 1. The van der Waals surface area contributed by atoms with Gasteiger partial charge in [0.05, 0.1) is 11.6 Å². The van der Waals surface area contributed by atoms with E-state index in [9.17, 15) is 14.7 Å². The van der Waals surface area contributed by atoms with Crippen molar-refractivity contribution in [2.45, 2.75) is 32.2 Å². The van der Waals surface area contributed by atoms with E-state index in [1.54, 1.807) is 12.1 Å².